The highest BCUT2D eigenvalue weighted by Gasteiger charge is 2.16. The first-order valence-corrected chi connectivity index (χ1v) is 6.29. The zero-order valence-electron chi connectivity index (χ0n) is 10.6. The van der Waals surface area contributed by atoms with E-state index in [4.69, 9.17) is 11.6 Å². The van der Waals surface area contributed by atoms with Crippen molar-refractivity contribution in [1.29, 1.82) is 0 Å². The number of nitrogens with one attached hydrogen (secondary N) is 1. The highest BCUT2D eigenvalue weighted by atomic mass is 35.5. The van der Waals surface area contributed by atoms with Gasteiger partial charge in [-0.15, -0.1) is 0 Å². The topological polar surface area (TPSA) is 45.1 Å². The molecular weight excluding hydrogens is 248 g/mol. The van der Waals surface area contributed by atoms with Crippen LogP contribution in [0.5, 0.6) is 0 Å². The van der Waals surface area contributed by atoms with Crippen molar-refractivity contribution in [2.45, 2.75) is 13.8 Å². The number of aliphatic hydroxyl groups excluding tert-OH is 1. The maximum absolute atomic E-state index is 9.25. The van der Waals surface area contributed by atoms with Crippen molar-refractivity contribution in [2.24, 2.45) is 5.41 Å². The van der Waals surface area contributed by atoms with Gasteiger partial charge in [0.15, 0.2) is 0 Å². The summed E-state index contributed by atoms with van der Waals surface area (Å²) >= 11 is 5.95. The molecular formula is C14H17ClN2O. The summed E-state index contributed by atoms with van der Waals surface area (Å²) in [6, 6.07) is 7.59. The van der Waals surface area contributed by atoms with Crippen LogP contribution in [0.15, 0.2) is 30.5 Å². The zero-order valence-corrected chi connectivity index (χ0v) is 11.3. The van der Waals surface area contributed by atoms with Gasteiger partial charge in [0.25, 0.3) is 0 Å². The fourth-order valence-electron chi connectivity index (χ4n) is 1.67. The molecule has 0 aliphatic heterocycles. The molecule has 0 spiro atoms. The third-order valence-electron chi connectivity index (χ3n) is 2.89. The Morgan fingerprint density at radius 1 is 1.33 bits per heavy atom. The molecule has 18 heavy (non-hydrogen) atoms. The van der Waals surface area contributed by atoms with E-state index in [0.29, 0.717) is 11.6 Å². The maximum atomic E-state index is 9.25. The van der Waals surface area contributed by atoms with Crippen LogP contribution in [0.1, 0.15) is 13.8 Å². The Morgan fingerprint density at radius 3 is 2.83 bits per heavy atom. The van der Waals surface area contributed by atoms with E-state index in [9.17, 15) is 5.11 Å². The minimum atomic E-state index is -0.151. The van der Waals surface area contributed by atoms with Gasteiger partial charge in [0, 0.05) is 40.9 Å². The molecule has 0 saturated carbocycles. The number of hydrogen-bond acceptors (Lipinski definition) is 3. The van der Waals surface area contributed by atoms with Gasteiger partial charge in [-0.05, 0) is 24.3 Å². The van der Waals surface area contributed by atoms with Gasteiger partial charge in [-0.1, -0.05) is 25.4 Å². The van der Waals surface area contributed by atoms with E-state index in [-0.39, 0.29) is 12.0 Å². The van der Waals surface area contributed by atoms with E-state index in [1.54, 1.807) is 6.20 Å². The zero-order chi connectivity index (χ0) is 13.2. The number of hydrogen-bond donors (Lipinski definition) is 2. The first-order valence-electron chi connectivity index (χ1n) is 5.91. The Hall–Kier alpha value is -1.32. The summed E-state index contributed by atoms with van der Waals surface area (Å²) in [5.74, 6) is 0. The normalized spacial score (nSPS) is 11.8. The summed E-state index contributed by atoms with van der Waals surface area (Å²) < 4.78 is 0. The summed E-state index contributed by atoms with van der Waals surface area (Å²) in [6.45, 7) is 4.88. The first-order chi connectivity index (χ1) is 8.52. The van der Waals surface area contributed by atoms with Crippen LogP contribution in [0.25, 0.3) is 10.9 Å². The molecule has 2 aromatic rings. The second-order valence-corrected chi connectivity index (χ2v) is 5.63. The summed E-state index contributed by atoms with van der Waals surface area (Å²) in [5, 5.41) is 14.3. The van der Waals surface area contributed by atoms with E-state index < -0.39 is 0 Å². The number of benzene rings is 1. The largest absolute Gasteiger partial charge is 0.396 e. The fraction of sp³-hybridized carbons (Fsp3) is 0.357. The molecule has 1 aromatic heterocycles. The molecule has 0 aliphatic carbocycles. The van der Waals surface area contributed by atoms with E-state index in [0.717, 1.165) is 16.6 Å². The summed E-state index contributed by atoms with van der Waals surface area (Å²) in [4.78, 5) is 4.29. The smallest absolute Gasteiger partial charge is 0.0737 e. The van der Waals surface area contributed by atoms with Gasteiger partial charge in [0.2, 0.25) is 0 Å². The van der Waals surface area contributed by atoms with Gasteiger partial charge in [-0.2, -0.15) is 0 Å². The van der Waals surface area contributed by atoms with Crippen molar-refractivity contribution < 1.29 is 5.11 Å². The number of pyridine rings is 1. The summed E-state index contributed by atoms with van der Waals surface area (Å²) in [5.41, 5.74) is 1.73. The van der Waals surface area contributed by atoms with Crippen LogP contribution in [0.3, 0.4) is 0 Å². The van der Waals surface area contributed by atoms with Crippen LogP contribution in [-0.2, 0) is 0 Å². The molecule has 4 heteroatoms. The lowest BCUT2D eigenvalue weighted by atomic mass is 9.95. The average molecular weight is 265 g/mol. The number of aromatic nitrogens is 1. The molecule has 0 amide bonds. The van der Waals surface area contributed by atoms with Gasteiger partial charge in [-0.3, -0.25) is 4.98 Å². The molecule has 0 unspecified atom stereocenters. The van der Waals surface area contributed by atoms with E-state index in [1.165, 1.54) is 0 Å². The van der Waals surface area contributed by atoms with Crippen molar-refractivity contribution in [3.8, 4) is 0 Å². The summed E-state index contributed by atoms with van der Waals surface area (Å²) in [6.07, 6.45) is 1.76. The van der Waals surface area contributed by atoms with Crippen LogP contribution < -0.4 is 5.32 Å². The Balaban J connectivity index is 2.29. The Bertz CT molecular complexity index is 554. The standard InChI is InChI=1S/C14H17ClN2O/c1-14(2,9-18)8-17-12-5-6-16-13-7-10(15)3-4-11(12)13/h3-7,18H,8-9H2,1-2H3,(H,16,17). The molecule has 3 nitrogen and oxygen atoms in total. The minimum Gasteiger partial charge on any atom is -0.396 e. The van der Waals surface area contributed by atoms with Crippen LogP contribution in [0.2, 0.25) is 5.02 Å². The molecule has 96 valence electrons. The monoisotopic (exact) mass is 264 g/mol. The highest BCUT2D eigenvalue weighted by Crippen LogP contribution is 2.25. The second-order valence-electron chi connectivity index (χ2n) is 5.20. The lowest BCUT2D eigenvalue weighted by molar-refractivity contribution is 0.171. The SMILES string of the molecule is CC(C)(CO)CNc1ccnc2cc(Cl)ccc12. The van der Waals surface area contributed by atoms with E-state index in [1.807, 2.05) is 38.1 Å². The number of rotatable bonds is 4. The minimum absolute atomic E-state index is 0.148. The van der Waals surface area contributed by atoms with Crippen molar-refractivity contribution in [1.82, 2.24) is 4.98 Å². The molecule has 2 N–H and O–H groups in total. The molecule has 0 aliphatic rings. The Kier molecular flexibility index (Phi) is 3.73. The van der Waals surface area contributed by atoms with Crippen LogP contribution in [0.4, 0.5) is 5.69 Å². The van der Waals surface area contributed by atoms with Gasteiger partial charge >= 0.3 is 0 Å². The van der Waals surface area contributed by atoms with Gasteiger partial charge in [0.05, 0.1) is 5.52 Å². The Labute approximate surface area is 112 Å². The summed E-state index contributed by atoms with van der Waals surface area (Å²) in [7, 11) is 0. The predicted octanol–water partition coefficient (Wildman–Crippen LogP) is 3.32. The van der Waals surface area contributed by atoms with Gasteiger partial charge < -0.3 is 10.4 Å². The average Bonchev–Trinajstić information content (AvgIpc) is 2.36. The molecule has 2 rings (SSSR count). The molecule has 0 fully saturated rings. The molecule has 1 heterocycles. The molecule has 0 saturated heterocycles. The molecule has 0 bridgehead atoms. The quantitative estimate of drug-likeness (QED) is 0.890. The van der Waals surface area contributed by atoms with Crippen molar-refractivity contribution in [3.63, 3.8) is 0 Å². The number of anilines is 1. The number of halogens is 1. The second kappa shape index (κ2) is 5.12. The van der Waals surface area contributed by atoms with E-state index >= 15 is 0 Å². The molecule has 0 atom stereocenters. The number of nitrogens with zero attached hydrogens (tertiary/aromatic N) is 1. The molecule has 1 aromatic carbocycles. The first kappa shape index (κ1) is 13.1. The lowest BCUT2D eigenvalue weighted by Crippen LogP contribution is -2.26. The van der Waals surface area contributed by atoms with Crippen LogP contribution in [-0.4, -0.2) is 23.2 Å². The fourth-order valence-corrected chi connectivity index (χ4v) is 1.83. The number of aliphatic hydroxyl groups is 1. The third kappa shape index (κ3) is 2.92. The maximum Gasteiger partial charge on any atom is 0.0737 e. The van der Waals surface area contributed by atoms with Gasteiger partial charge in [0.1, 0.15) is 0 Å². The van der Waals surface area contributed by atoms with E-state index in [2.05, 4.69) is 10.3 Å². The third-order valence-corrected chi connectivity index (χ3v) is 3.13. The van der Waals surface area contributed by atoms with Crippen molar-refractivity contribution in [3.05, 3.63) is 35.5 Å². The lowest BCUT2D eigenvalue weighted by Gasteiger charge is -2.23. The van der Waals surface area contributed by atoms with Crippen molar-refractivity contribution in [2.75, 3.05) is 18.5 Å². The van der Waals surface area contributed by atoms with Crippen LogP contribution in [0, 0.1) is 5.41 Å². The Morgan fingerprint density at radius 2 is 2.11 bits per heavy atom. The molecule has 0 radical (unpaired) electrons. The van der Waals surface area contributed by atoms with Crippen LogP contribution >= 0.6 is 11.6 Å². The van der Waals surface area contributed by atoms with Gasteiger partial charge in [-0.25, -0.2) is 0 Å². The predicted molar refractivity (Wildman–Crippen MR) is 76.1 cm³/mol. The van der Waals surface area contributed by atoms with Crippen molar-refractivity contribution >= 4 is 28.2 Å². The highest BCUT2D eigenvalue weighted by molar-refractivity contribution is 6.31. The number of fused-ring (bicyclic) bond motifs is 1.